The van der Waals surface area contributed by atoms with E-state index >= 15 is 0 Å². The first-order chi connectivity index (χ1) is 19.5. The maximum atomic E-state index is 11.6. The van der Waals surface area contributed by atoms with E-state index in [1.54, 1.807) is 19.9 Å². The third-order valence-corrected chi connectivity index (χ3v) is 5.58. The maximum absolute atomic E-state index is 11.6. The molecule has 2 aromatic carbocycles. The molecule has 0 aliphatic carbocycles. The molecule has 2 aromatic heterocycles. The number of aromatic nitrogens is 3. The molecule has 4 rings (SSSR count). The number of fused-ring (bicyclic) bond motifs is 1. The lowest BCUT2D eigenvalue weighted by Gasteiger charge is -2.10. The van der Waals surface area contributed by atoms with Crippen LogP contribution in [-0.2, 0) is 16.8 Å². The van der Waals surface area contributed by atoms with Crippen molar-refractivity contribution in [2.45, 2.75) is 13.8 Å². The Labute approximate surface area is 237 Å². The smallest absolute Gasteiger partial charge is 0.341 e. The molecule has 41 heavy (non-hydrogen) atoms. The van der Waals surface area contributed by atoms with Crippen molar-refractivity contribution in [3.8, 4) is 11.8 Å². The third-order valence-electron chi connectivity index (χ3n) is 5.58. The molecule has 216 valence electrons. The van der Waals surface area contributed by atoms with Gasteiger partial charge in [-0.3, -0.25) is 15.0 Å². The molecule has 4 aromatic rings. The minimum atomic E-state index is -0.531. The topological polar surface area (TPSA) is 165 Å². The maximum Gasteiger partial charge on any atom is 0.341 e. The van der Waals surface area contributed by atoms with Crippen LogP contribution in [0.15, 0.2) is 54.9 Å². The summed E-state index contributed by atoms with van der Waals surface area (Å²) in [6.45, 7) is 3.95. The largest absolute Gasteiger partial charge is 0.465 e. The zero-order valence-corrected chi connectivity index (χ0v) is 23.6. The highest BCUT2D eigenvalue weighted by molar-refractivity contribution is 5.90. The summed E-state index contributed by atoms with van der Waals surface area (Å²) < 4.78 is 6.79. The first-order valence-electron chi connectivity index (χ1n) is 12.1. The van der Waals surface area contributed by atoms with Crippen LogP contribution in [0.25, 0.3) is 10.9 Å². The zero-order chi connectivity index (χ0) is 30.5. The number of benzene rings is 2. The van der Waals surface area contributed by atoms with Crippen molar-refractivity contribution in [3.63, 3.8) is 0 Å². The van der Waals surface area contributed by atoms with Crippen molar-refractivity contribution in [1.29, 1.82) is 0 Å². The van der Waals surface area contributed by atoms with E-state index in [4.69, 9.17) is 10.5 Å². The Morgan fingerprint density at radius 1 is 1.20 bits per heavy atom. The van der Waals surface area contributed by atoms with Gasteiger partial charge in [0.1, 0.15) is 5.56 Å². The van der Waals surface area contributed by atoms with Gasteiger partial charge in [-0.05, 0) is 57.1 Å². The number of hydrogen-bond acceptors (Lipinski definition) is 11. The fourth-order valence-electron chi connectivity index (χ4n) is 3.56. The number of carbonyl (C=O) groups is 1. The zero-order valence-electron chi connectivity index (χ0n) is 23.6. The van der Waals surface area contributed by atoms with Gasteiger partial charge in [0.2, 0.25) is 5.95 Å². The van der Waals surface area contributed by atoms with Crippen molar-refractivity contribution in [3.05, 3.63) is 87.4 Å². The van der Waals surface area contributed by atoms with E-state index in [9.17, 15) is 14.9 Å². The quantitative estimate of drug-likeness (QED) is 0.102. The Balaban J connectivity index is 0.000000369. The molecule has 0 aliphatic rings. The second-order valence-electron chi connectivity index (χ2n) is 8.86. The van der Waals surface area contributed by atoms with Gasteiger partial charge in [-0.25, -0.2) is 25.3 Å². The second-order valence-corrected chi connectivity index (χ2v) is 8.86. The number of nitro groups is 1. The van der Waals surface area contributed by atoms with Crippen LogP contribution >= 0.6 is 0 Å². The van der Waals surface area contributed by atoms with E-state index in [0.717, 1.165) is 5.56 Å². The van der Waals surface area contributed by atoms with E-state index in [-0.39, 0.29) is 17.2 Å². The monoisotopic (exact) mass is 564 g/mol. The number of anilines is 2. The standard InChI is InChI=1S/C19H21N5O4.C9H9N.H2O3/c1-12-9-14(7-6-8-23(3)4)17(24(26)27)10-16(12)22-19-20-11-15(13(2)21-19)18(25)28-5;1-10-7-6-8-4-2-3-5-9(8)10;1-3-2/h9-11H,8H2,1-5H3,(H,20,21,22);2-7H,1H3;1-2H. The minimum Gasteiger partial charge on any atom is -0.465 e. The highest BCUT2D eigenvalue weighted by atomic mass is 17.4. The second kappa shape index (κ2) is 15.7. The van der Waals surface area contributed by atoms with Crippen LogP contribution in [-0.4, -0.2) is 68.6 Å². The summed E-state index contributed by atoms with van der Waals surface area (Å²) in [6.07, 6.45) is 3.42. The number of esters is 1. The van der Waals surface area contributed by atoms with E-state index < -0.39 is 10.9 Å². The summed E-state index contributed by atoms with van der Waals surface area (Å²) in [4.78, 5) is 32.8. The summed E-state index contributed by atoms with van der Waals surface area (Å²) in [5.74, 6) is 5.44. The Morgan fingerprint density at radius 3 is 2.46 bits per heavy atom. The average Bonchev–Trinajstić information content (AvgIpc) is 3.31. The van der Waals surface area contributed by atoms with Gasteiger partial charge in [0.15, 0.2) is 0 Å². The van der Waals surface area contributed by atoms with Gasteiger partial charge in [0.05, 0.1) is 35.5 Å². The van der Waals surface area contributed by atoms with E-state index in [1.165, 1.54) is 30.3 Å². The molecule has 2 heterocycles. The lowest BCUT2D eigenvalue weighted by molar-refractivity contribution is -0.465. The fraction of sp³-hybridized carbons (Fsp3) is 0.250. The molecule has 13 heteroatoms. The van der Waals surface area contributed by atoms with E-state index in [2.05, 4.69) is 85.0 Å². The number of nitrogens with one attached hydrogen (secondary N) is 1. The van der Waals surface area contributed by atoms with Gasteiger partial charge >= 0.3 is 5.97 Å². The van der Waals surface area contributed by atoms with Crippen molar-refractivity contribution in [2.75, 3.05) is 33.1 Å². The molecule has 0 fully saturated rings. The Kier molecular flexibility index (Phi) is 12.3. The lowest BCUT2D eigenvalue weighted by atomic mass is 10.1. The predicted octanol–water partition coefficient (Wildman–Crippen LogP) is 4.57. The number of hydrogen-bond donors (Lipinski definition) is 3. The molecule has 0 aliphatic heterocycles. The SMILES string of the molecule is COC(=O)c1cnc(Nc2cc([N+](=O)[O-])c(C#CCN(C)C)cc2C)nc1C.Cn1ccc2ccccc21.OOO. The van der Waals surface area contributed by atoms with Crippen LogP contribution < -0.4 is 5.32 Å². The summed E-state index contributed by atoms with van der Waals surface area (Å²) in [5, 5.41) is 31.2. The van der Waals surface area contributed by atoms with Gasteiger partial charge < -0.3 is 14.6 Å². The summed E-state index contributed by atoms with van der Waals surface area (Å²) >= 11 is 0. The lowest BCUT2D eigenvalue weighted by Crippen LogP contribution is -2.11. The Morgan fingerprint density at radius 2 is 1.88 bits per heavy atom. The molecule has 0 spiro atoms. The van der Waals surface area contributed by atoms with E-state index in [0.29, 0.717) is 23.5 Å². The number of carbonyl (C=O) groups excluding carboxylic acids is 1. The van der Waals surface area contributed by atoms with Crippen molar-refractivity contribution in [1.82, 2.24) is 19.4 Å². The minimum absolute atomic E-state index is 0.109. The van der Waals surface area contributed by atoms with Gasteiger partial charge in [0, 0.05) is 31.0 Å². The van der Waals surface area contributed by atoms with Crippen LogP contribution in [0.3, 0.4) is 0 Å². The molecule has 0 saturated carbocycles. The normalized spacial score (nSPS) is 9.98. The van der Waals surface area contributed by atoms with Crippen molar-refractivity contribution < 1.29 is 30.0 Å². The number of nitrogens with zero attached hydrogens (tertiary/aromatic N) is 5. The summed E-state index contributed by atoms with van der Waals surface area (Å²) in [7, 11) is 7.07. The number of para-hydroxylation sites is 1. The molecule has 0 saturated heterocycles. The summed E-state index contributed by atoms with van der Waals surface area (Å²) in [6, 6.07) is 13.5. The molecule has 3 N–H and O–H groups in total. The highest BCUT2D eigenvalue weighted by Gasteiger charge is 2.17. The molecule has 0 atom stereocenters. The first-order valence-corrected chi connectivity index (χ1v) is 12.1. The number of aryl methyl sites for hydroxylation is 3. The van der Waals surface area contributed by atoms with Crippen LogP contribution in [0, 0.1) is 35.8 Å². The van der Waals surface area contributed by atoms with Crippen LogP contribution in [0.2, 0.25) is 0 Å². The van der Waals surface area contributed by atoms with E-state index in [1.807, 2.05) is 19.0 Å². The molecule has 0 bridgehead atoms. The third kappa shape index (κ3) is 9.38. The van der Waals surface area contributed by atoms with Gasteiger partial charge in [-0.15, -0.1) is 0 Å². The molecule has 0 unspecified atom stereocenters. The van der Waals surface area contributed by atoms with Crippen LogP contribution in [0.1, 0.15) is 27.2 Å². The molecular formula is C28H32N6O7. The Bertz CT molecular complexity index is 1560. The predicted molar refractivity (Wildman–Crippen MR) is 154 cm³/mol. The molecule has 0 amide bonds. The number of rotatable bonds is 5. The molecule has 0 radical (unpaired) electrons. The molecule has 13 nitrogen and oxygen atoms in total. The fourth-order valence-corrected chi connectivity index (χ4v) is 3.56. The van der Waals surface area contributed by atoms with Gasteiger partial charge in [0.25, 0.3) is 5.69 Å². The van der Waals surface area contributed by atoms with Crippen LogP contribution in [0.4, 0.5) is 17.3 Å². The average molecular weight is 565 g/mol. The number of ether oxygens (including phenoxy) is 1. The number of nitro benzene ring substituents is 1. The van der Waals surface area contributed by atoms with Gasteiger partial charge in [-0.1, -0.05) is 35.1 Å². The number of methoxy groups -OCH3 is 1. The summed E-state index contributed by atoms with van der Waals surface area (Å²) in [5.41, 5.74) is 3.44. The highest BCUT2D eigenvalue weighted by Crippen LogP contribution is 2.28. The van der Waals surface area contributed by atoms with Gasteiger partial charge in [-0.2, -0.15) is 0 Å². The first kappa shape index (κ1) is 32.3. The van der Waals surface area contributed by atoms with Crippen LogP contribution in [0.5, 0.6) is 0 Å². The Hall–Kier alpha value is -4.87. The van der Waals surface area contributed by atoms with Crippen molar-refractivity contribution in [2.24, 2.45) is 7.05 Å². The molecular weight excluding hydrogens is 532 g/mol. The van der Waals surface area contributed by atoms with Crippen molar-refractivity contribution >= 4 is 34.2 Å².